The summed E-state index contributed by atoms with van der Waals surface area (Å²) < 4.78 is 5.29. The topological polar surface area (TPSA) is 45.7 Å². The summed E-state index contributed by atoms with van der Waals surface area (Å²) in [6.45, 7) is 1.91. The van der Waals surface area contributed by atoms with Gasteiger partial charge in [-0.3, -0.25) is 4.99 Å². The second-order valence-electron chi connectivity index (χ2n) is 8.07. The lowest BCUT2D eigenvalue weighted by atomic mass is 9.67. The van der Waals surface area contributed by atoms with Crippen molar-refractivity contribution in [2.45, 2.75) is 70.3 Å². The van der Waals surface area contributed by atoms with Gasteiger partial charge in [0, 0.05) is 33.4 Å². The lowest BCUT2D eigenvalue weighted by Gasteiger charge is -2.42. The fourth-order valence-electron chi connectivity index (χ4n) is 4.62. The molecule has 3 aliphatic carbocycles. The number of guanidine groups is 1. The standard InChI is InChI=1S/C19H35N3O.HI/c1-20-18(21-14-19(9-6-10-19)11-12-23-2)22-17-13-16(17)15-7-4-3-5-8-15;/h15-17H,3-14H2,1-2H3,(H2,20,21,22);1H. The van der Waals surface area contributed by atoms with E-state index in [0.29, 0.717) is 11.5 Å². The number of hydrogen-bond acceptors (Lipinski definition) is 2. The van der Waals surface area contributed by atoms with Crippen LogP contribution >= 0.6 is 24.0 Å². The van der Waals surface area contributed by atoms with Crippen LogP contribution in [0.25, 0.3) is 0 Å². The molecule has 0 amide bonds. The summed E-state index contributed by atoms with van der Waals surface area (Å²) in [4.78, 5) is 4.45. The van der Waals surface area contributed by atoms with Crippen molar-refractivity contribution in [3.63, 3.8) is 0 Å². The van der Waals surface area contributed by atoms with Crippen LogP contribution in [0, 0.1) is 17.3 Å². The average molecular weight is 449 g/mol. The molecule has 2 N–H and O–H groups in total. The maximum Gasteiger partial charge on any atom is 0.191 e. The van der Waals surface area contributed by atoms with E-state index in [9.17, 15) is 0 Å². The van der Waals surface area contributed by atoms with E-state index >= 15 is 0 Å². The van der Waals surface area contributed by atoms with E-state index in [0.717, 1.165) is 30.9 Å². The van der Waals surface area contributed by atoms with Gasteiger partial charge in [0.1, 0.15) is 0 Å². The molecular weight excluding hydrogens is 413 g/mol. The summed E-state index contributed by atoms with van der Waals surface area (Å²) in [5.41, 5.74) is 0.444. The van der Waals surface area contributed by atoms with Gasteiger partial charge in [-0.25, -0.2) is 0 Å². The quantitative estimate of drug-likeness (QED) is 0.352. The molecule has 140 valence electrons. The first-order valence-corrected chi connectivity index (χ1v) is 9.72. The molecule has 0 radical (unpaired) electrons. The Morgan fingerprint density at radius 1 is 1.17 bits per heavy atom. The minimum atomic E-state index is 0. The summed E-state index contributed by atoms with van der Waals surface area (Å²) in [6, 6.07) is 0.667. The molecule has 0 aliphatic heterocycles. The van der Waals surface area contributed by atoms with Crippen molar-refractivity contribution in [1.29, 1.82) is 0 Å². The van der Waals surface area contributed by atoms with Gasteiger partial charge in [-0.15, -0.1) is 24.0 Å². The number of methoxy groups -OCH3 is 1. The highest BCUT2D eigenvalue weighted by Crippen LogP contribution is 2.45. The number of halogens is 1. The first kappa shape index (κ1) is 20.3. The van der Waals surface area contributed by atoms with Crippen LogP contribution < -0.4 is 10.6 Å². The first-order chi connectivity index (χ1) is 11.3. The van der Waals surface area contributed by atoms with E-state index in [4.69, 9.17) is 4.74 Å². The molecule has 0 aromatic heterocycles. The molecule has 2 atom stereocenters. The lowest BCUT2D eigenvalue weighted by Crippen LogP contribution is -2.47. The van der Waals surface area contributed by atoms with Gasteiger partial charge in [0.05, 0.1) is 0 Å². The Balaban J connectivity index is 0.00000208. The highest BCUT2D eigenvalue weighted by Gasteiger charge is 2.43. The van der Waals surface area contributed by atoms with Gasteiger partial charge in [-0.2, -0.15) is 0 Å². The third-order valence-corrected chi connectivity index (χ3v) is 6.52. The van der Waals surface area contributed by atoms with Gasteiger partial charge in [0.25, 0.3) is 0 Å². The normalized spacial score (nSPS) is 29.3. The first-order valence-electron chi connectivity index (χ1n) is 9.72. The molecule has 0 heterocycles. The molecule has 0 bridgehead atoms. The van der Waals surface area contributed by atoms with Gasteiger partial charge < -0.3 is 15.4 Å². The van der Waals surface area contributed by atoms with Crippen LogP contribution in [0.5, 0.6) is 0 Å². The predicted molar refractivity (Wildman–Crippen MR) is 111 cm³/mol. The molecule has 24 heavy (non-hydrogen) atoms. The predicted octanol–water partition coefficient (Wildman–Crippen LogP) is 3.95. The van der Waals surface area contributed by atoms with Crippen LogP contribution in [0.4, 0.5) is 0 Å². The van der Waals surface area contributed by atoms with Gasteiger partial charge in [0.2, 0.25) is 0 Å². The van der Waals surface area contributed by atoms with Crippen LogP contribution in [0.1, 0.15) is 64.2 Å². The number of rotatable bonds is 7. The Morgan fingerprint density at radius 2 is 1.92 bits per heavy atom. The van der Waals surface area contributed by atoms with E-state index < -0.39 is 0 Å². The maximum atomic E-state index is 5.29. The van der Waals surface area contributed by atoms with Gasteiger partial charge in [-0.1, -0.05) is 38.5 Å². The summed E-state index contributed by atoms with van der Waals surface area (Å²) in [5, 5.41) is 7.27. The zero-order chi connectivity index (χ0) is 16.1. The largest absolute Gasteiger partial charge is 0.385 e. The van der Waals surface area contributed by atoms with Crippen molar-refractivity contribution in [2.24, 2.45) is 22.2 Å². The summed E-state index contributed by atoms with van der Waals surface area (Å²) in [5.74, 6) is 2.89. The Morgan fingerprint density at radius 3 is 2.50 bits per heavy atom. The van der Waals surface area contributed by atoms with Crippen molar-refractivity contribution in [3.05, 3.63) is 0 Å². The monoisotopic (exact) mass is 449 g/mol. The molecule has 2 unspecified atom stereocenters. The number of nitrogens with zero attached hydrogens (tertiary/aromatic N) is 1. The van der Waals surface area contributed by atoms with Crippen molar-refractivity contribution in [2.75, 3.05) is 27.3 Å². The molecule has 3 aliphatic rings. The minimum Gasteiger partial charge on any atom is -0.385 e. The molecule has 5 heteroatoms. The fourth-order valence-corrected chi connectivity index (χ4v) is 4.62. The fraction of sp³-hybridized carbons (Fsp3) is 0.947. The third kappa shape index (κ3) is 5.23. The second-order valence-corrected chi connectivity index (χ2v) is 8.07. The van der Waals surface area contributed by atoms with E-state index in [1.165, 1.54) is 64.2 Å². The van der Waals surface area contributed by atoms with Crippen LogP contribution in [-0.4, -0.2) is 39.3 Å². The van der Waals surface area contributed by atoms with Crippen LogP contribution in [0.15, 0.2) is 4.99 Å². The summed E-state index contributed by atoms with van der Waals surface area (Å²) >= 11 is 0. The molecule has 0 spiro atoms. The summed E-state index contributed by atoms with van der Waals surface area (Å²) in [6.07, 6.45) is 13.8. The zero-order valence-electron chi connectivity index (χ0n) is 15.5. The van der Waals surface area contributed by atoms with Crippen molar-refractivity contribution >= 4 is 29.9 Å². The van der Waals surface area contributed by atoms with Crippen molar-refractivity contribution < 1.29 is 4.74 Å². The highest BCUT2D eigenvalue weighted by molar-refractivity contribution is 14.0. The maximum absolute atomic E-state index is 5.29. The van der Waals surface area contributed by atoms with Crippen molar-refractivity contribution in [1.82, 2.24) is 10.6 Å². The third-order valence-electron chi connectivity index (χ3n) is 6.52. The Kier molecular flexibility index (Phi) is 8.11. The van der Waals surface area contributed by atoms with E-state index in [2.05, 4.69) is 15.6 Å². The molecule has 3 saturated carbocycles. The van der Waals surface area contributed by atoms with Crippen molar-refractivity contribution in [3.8, 4) is 0 Å². The SMILES string of the molecule is CN=C(NCC1(CCOC)CCC1)NC1CC1C1CCCCC1.I. The van der Waals surface area contributed by atoms with Crippen LogP contribution in [-0.2, 0) is 4.74 Å². The summed E-state index contributed by atoms with van der Waals surface area (Å²) in [7, 11) is 3.70. The Bertz CT molecular complexity index is 405. The van der Waals surface area contributed by atoms with E-state index in [-0.39, 0.29) is 24.0 Å². The number of hydrogen-bond donors (Lipinski definition) is 2. The molecular formula is C19H36IN3O. The molecule has 4 nitrogen and oxygen atoms in total. The van der Waals surface area contributed by atoms with Crippen LogP contribution in [0.2, 0.25) is 0 Å². The lowest BCUT2D eigenvalue weighted by molar-refractivity contribution is 0.0732. The van der Waals surface area contributed by atoms with Crippen LogP contribution in [0.3, 0.4) is 0 Å². The molecule has 3 rings (SSSR count). The number of nitrogens with one attached hydrogen (secondary N) is 2. The van der Waals surface area contributed by atoms with Gasteiger partial charge in [-0.05, 0) is 42.9 Å². The number of ether oxygens (including phenoxy) is 1. The Labute approximate surface area is 165 Å². The number of aliphatic imine (C=N–C) groups is 1. The second kappa shape index (κ2) is 9.60. The molecule has 0 aromatic carbocycles. The molecule has 3 fully saturated rings. The van der Waals surface area contributed by atoms with Gasteiger partial charge in [0.15, 0.2) is 5.96 Å². The smallest absolute Gasteiger partial charge is 0.191 e. The van der Waals surface area contributed by atoms with E-state index in [1.807, 2.05) is 7.05 Å². The minimum absolute atomic E-state index is 0. The molecule has 0 aromatic rings. The highest BCUT2D eigenvalue weighted by atomic mass is 127. The van der Waals surface area contributed by atoms with Gasteiger partial charge >= 0.3 is 0 Å². The zero-order valence-corrected chi connectivity index (χ0v) is 17.8. The molecule has 0 saturated heterocycles. The Hall–Kier alpha value is -0.0400. The average Bonchev–Trinajstić information content (AvgIpc) is 3.32. The van der Waals surface area contributed by atoms with E-state index in [1.54, 1.807) is 7.11 Å².